The zero-order valence-corrected chi connectivity index (χ0v) is 9.03. The van der Waals surface area contributed by atoms with Gasteiger partial charge in [0.2, 0.25) is 0 Å². The van der Waals surface area contributed by atoms with Gasteiger partial charge in [-0.05, 0) is 23.3 Å². The van der Waals surface area contributed by atoms with E-state index in [-0.39, 0.29) is 0 Å². The average Bonchev–Trinajstić information content (AvgIpc) is 2.30. The number of nitrogens with two attached hydrogens (primary N) is 1. The van der Waals surface area contributed by atoms with Crippen molar-refractivity contribution in [3.8, 4) is 0 Å². The van der Waals surface area contributed by atoms with Crippen LogP contribution in [-0.2, 0) is 0 Å². The Hall–Kier alpha value is -1.78. The molecule has 1 unspecified atom stereocenters. The molecule has 0 aliphatic carbocycles. The van der Waals surface area contributed by atoms with Crippen molar-refractivity contribution >= 4 is 0 Å². The summed E-state index contributed by atoms with van der Waals surface area (Å²) in [5.74, 6) is 4.21. The van der Waals surface area contributed by atoms with E-state index in [1.165, 1.54) is 12.1 Å². The fourth-order valence-electron chi connectivity index (χ4n) is 1.77. The van der Waals surface area contributed by atoms with Crippen LogP contribution < -0.4 is 11.3 Å². The maximum atomic E-state index is 13.1. The Kier molecular flexibility index (Phi) is 3.46. The van der Waals surface area contributed by atoms with Crippen molar-refractivity contribution < 1.29 is 8.78 Å². The first-order valence-electron chi connectivity index (χ1n) is 5.18. The SMILES string of the molecule is NNC(c1ccccc1)c1cc(F)cc(F)c1. The molecule has 0 radical (unpaired) electrons. The fourth-order valence-corrected chi connectivity index (χ4v) is 1.77. The van der Waals surface area contributed by atoms with Crippen molar-refractivity contribution in [1.82, 2.24) is 5.43 Å². The standard InChI is InChI=1S/C13H12F2N2/c14-11-6-10(7-12(15)8-11)13(17-16)9-4-2-1-3-5-9/h1-8,13,17H,16H2. The van der Waals surface area contributed by atoms with Crippen molar-refractivity contribution in [1.29, 1.82) is 0 Å². The van der Waals surface area contributed by atoms with Crippen LogP contribution in [0.3, 0.4) is 0 Å². The lowest BCUT2D eigenvalue weighted by Crippen LogP contribution is -2.29. The molecule has 88 valence electrons. The summed E-state index contributed by atoms with van der Waals surface area (Å²) >= 11 is 0. The second kappa shape index (κ2) is 5.03. The van der Waals surface area contributed by atoms with Gasteiger partial charge in [0.15, 0.2) is 0 Å². The topological polar surface area (TPSA) is 38.0 Å². The highest BCUT2D eigenvalue weighted by molar-refractivity contribution is 5.32. The highest BCUT2D eigenvalue weighted by atomic mass is 19.1. The summed E-state index contributed by atoms with van der Waals surface area (Å²) in [7, 11) is 0. The van der Waals surface area contributed by atoms with Gasteiger partial charge in [-0.15, -0.1) is 0 Å². The first-order chi connectivity index (χ1) is 8.20. The summed E-state index contributed by atoms with van der Waals surface area (Å²) in [6, 6.07) is 12.2. The Morgan fingerprint density at radius 3 is 2.00 bits per heavy atom. The Balaban J connectivity index is 2.42. The number of halogens is 2. The van der Waals surface area contributed by atoms with E-state index in [9.17, 15) is 8.78 Å². The van der Waals surface area contributed by atoms with Crippen LogP contribution in [0.5, 0.6) is 0 Å². The smallest absolute Gasteiger partial charge is 0.126 e. The van der Waals surface area contributed by atoms with Gasteiger partial charge in [0.05, 0.1) is 6.04 Å². The molecule has 0 aromatic heterocycles. The van der Waals surface area contributed by atoms with Crippen molar-refractivity contribution in [2.45, 2.75) is 6.04 Å². The highest BCUT2D eigenvalue weighted by Gasteiger charge is 2.13. The number of hydrogen-bond donors (Lipinski definition) is 2. The van der Waals surface area contributed by atoms with Crippen LogP contribution in [0, 0.1) is 11.6 Å². The minimum absolute atomic E-state index is 0.429. The lowest BCUT2D eigenvalue weighted by atomic mass is 9.99. The summed E-state index contributed by atoms with van der Waals surface area (Å²) in [5.41, 5.74) is 3.86. The van der Waals surface area contributed by atoms with E-state index in [0.717, 1.165) is 11.6 Å². The quantitative estimate of drug-likeness (QED) is 0.632. The fraction of sp³-hybridized carbons (Fsp3) is 0.0769. The van der Waals surface area contributed by atoms with Gasteiger partial charge in [-0.1, -0.05) is 30.3 Å². The molecule has 0 heterocycles. The molecular weight excluding hydrogens is 222 g/mol. The van der Waals surface area contributed by atoms with Gasteiger partial charge in [-0.2, -0.15) is 0 Å². The van der Waals surface area contributed by atoms with Gasteiger partial charge in [0.1, 0.15) is 11.6 Å². The van der Waals surface area contributed by atoms with Crippen LogP contribution in [0.4, 0.5) is 8.78 Å². The molecule has 2 nitrogen and oxygen atoms in total. The third-order valence-corrected chi connectivity index (χ3v) is 2.52. The molecule has 0 aliphatic heterocycles. The van der Waals surface area contributed by atoms with Crippen LogP contribution in [-0.4, -0.2) is 0 Å². The normalized spacial score (nSPS) is 12.4. The predicted octanol–water partition coefficient (Wildman–Crippen LogP) is 2.52. The average molecular weight is 234 g/mol. The maximum absolute atomic E-state index is 13.1. The molecule has 2 aromatic carbocycles. The minimum atomic E-state index is -0.615. The second-order valence-corrected chi connectivity index (χ2v) is 3.71. The molecule has 0 aliphatic rings. The van der Waals surface area contributed by atoms with E-state index in [1.54, 1.807) is 0 Å². The molecule has 0 fully saturated rings. The van der Waals surface area contributed by atoms with Crippen molar-refractivity contribution in [2.75, 3.05) is 0 Å². The van der Waals surface area contributed by atoms with Gasteiger partial charge >= 0.3 is 0 Å². The first kappa shape index (κ1) is 11.7. The first-order valence-corrected chi connectivity index (χ1v) is 5.18. The van der Waals surface area contributed by atoms with E-state index in [1.807, 2.05) is 30.3 Å². The van der Waals surface area contributed by atoms with E-state index in [4.69, 9.17) is 5.84 Å². The largest absolute Gasteiger partial charge is 0.271 e. The van der Waals surface area contributed by atoms with E-state index >= 15 is 0 Å². The summed E-state index contributed by atoms with van der Waals surface area (Å²) in [4.78, 5) is 0. The molecule has 0 spiro atoms. The predicted molar refractivity (Wildman–Crippen MR) is 62.0 cm³/mol. The number of hydrazine groups is 1. The molecule has 4 heteroatoms. The maximum Gasteiger partial charge on any atom is 0.126 e. The second-order valence-electron chi connectivity index (χ2n) is 3.71. The Morgan fingerprint density at radius 2 is 1.47 bits per heavy atom. The summed E-state index contributed by atoms with van der Waals surface area (Å²) in [6.07, 6.45) is 0. The van der Waals surface area contributed by atoms with Crippen LogP contribution in [0.2, 0.25) is 0 Å². The van der Waals surface area contributed by atoms with Crippen LogP contribution in [0.25, 0.3) is 0 Å². The Bertz CT molecular complexity index is 480. The lowest BCUT2D eigenvalue weighted by molar-refractivity contribution is 0.566. The molecule has 1 atom stereocenters. The molecule has 0 saturated carbocycles. The molecule has 3 N–H and O–H groups in total. The summed E-state index contributed by atoms with van der Waals surface area (Å²) in [6.45, 7) is 0. The Labute approximate surface area is 98.0 Å². The van der Waals surface area contributed by atoms with Crippen LogP contribution in [0.1, 0.15) is 17.2 Å². The van der Waals surface area contributed by atoms with Crippen LogP contribution >= 0.6 is 0 Å². The van der Waals surface area contributed by atoms with Crippen molar-refractivity contribution in [2.24, 2.45) is 5.84 Å². The van der Waals surface area contributed by atoms with E-state index in [2.05, 4.69) is 5.43 Å². The zero-order chi connectivity index (χ0) is 12.3. The number of hydrogen-bond acceptors (Lipinski definition) is 2. The Morgan fingerprint density at radius 1 is 0.882 bits per heavy atom. The monoisotopic (exact) mass is 234 g/mol. The highest BCUT2D eigenvalue weighted by Crippen LogP contribution is 2.22. The molecule has 17 heavy (non-hydrogen) atoms. The summed E-state index contributed by atoms with van der Waals surface area (Å²) < 4.78 is 26.3. The van der Waals surface area contributed by atoms with Gasteiger partial charge in [-0.3, -0.25) is 5.84 Å². The molecule has 0 bridgehead atoms. The molecular formula is C13H12F2N2. The number of benzene rings is 2. The van der Waals surface area contributed by atoms with Gasteiger partial charge in [0.25, 0.3) is 0 Å². The lowest BCUT2D eigenvalue weighted by Gasteiger charge is -2.16. The summed E-state index contributed by atoms with van der Waals surface area (Å²) in [5, 5.41) is 0. The van der Waals surface area contributed by atoms with Gasteiger partial charge in [0, 0.05) is 6.07 Å². The van der Waals surface area contributed by atoms with Gasteiger partial charge < -0.3 is 0 Å². The zero-order valence-electron chi connectivity index (χ0n) is 9.03. The third kappa shape index (κ3) is 2.67. The van der Waals surface area contributed by atoms with E-state index < -0.39 is 17.7 Å². The van der Waals surface area contributed by atoms with Crippen molar-refractivity contribution in [3.05, 3.63) is 71.3 Å². The molecule has 2 rings (SSSR count). The molecule has 2 aromatic rings. The van der Waals surface area contributed by atoms with Crippen molar-refractivity contribution in [3.63, 3.8) is 0 Å². The number of rotatable bonds is 3. The molecule has 0 saturated heterocycles. The molecule has 0 amide bonds. The van der Waals surface area contributed by atoms with Gasteiger partial charge in [-0.25, -0.2) is 14.2 Å². The minimum Gasteiger partial charge on any atom is -0.271 e. The van der Waals surface area contributed by atoms with Crippen LogP contribution in [0.15, 0.2) is 48.5 Å². The third-order valence-electron chi connectivity index (χ3n) is 2.52. The van der Waals surface area contributed by atoms with E-state index in [0.29, 0.717) is 5.56 Å². The number of nitrogens with one attached hydrogen (secondary N) is 1.